The zero-order valence-corrected chi connectivity index (χ0v) is 16.0. The average molecular weight is 406 g/mol. The second-order valence-corrected chi connectivity index (χ2v) is 6.17. The van der Waals surface area contributed by atoms with Gasteiger partial charge < -0.3 is 15.2 Å². The van der Waals surface area contributed by atoms with E-state index in [9.17, 15) is 13.2 Å². The molecular formula is C20H21F3N4O2. The van der Waals surface area contributed by atoms with Crippen LogP contribution in [-0.4, -0.2) is 28.4 Å². The molecule has 1 heterocycles. The number of H-pyrrole nitrogens is 1. The number of hydrogen-bond donors (Lipinski definition) is 2. The normalized spacial score (nSPS) is 12.6. The van der Waals surface area contributed by atoms with Crippen LogP contribution in [0.4, 0.5) is 13.2 Å². The van der Waals surface area contributed by atoms with Crippen molar-refractivity contribution in [3.63, 3.8) is 0 Å². The number of aromatic nitrogens is 3. The van der Waals surface area contributed by atoms with Gasteiger partial charge in [-0.05, 0) is 43.7 Å². The van der Waals surface area contributed by atoms with Gasteiger partial charge in [-0.3, -0.25) is 5.10 Å². The van der Waals surface area contributed by atoms with Crippen LogP contribution < -0.4 is 15.2 Å². The first-order chi connectivity index (χ1) is 13.8. The Balaban J connectivity index is 1.88. The van der Waals surface area contributed by atoms with Gasteiger partial charge in [0, 0.05) is 5.56 Å². The summed E-state index contributed by atoms with van der Waals surface area (Å²) in [4.78, 5) is 4.28. The zero-order valence-electron chi connectivity index (χ0n) is 16.0. The molecule has 0 aliphatic heterocycles. The van der Waals surface area contributed by atoms with Crippen molar-refractivity contribution in [2.75, 3.05) is 13.2 Å². The standard InChI is InChI=1S/C20H21F3N4O2/c1-3-28-15-9-8-12(11-16(15)29-4-2)17(24)19-25-18(26-27-19)13-6-5-7-14(10-13)20(21,22)23/h5-11,17H,3-4,24H2,1-2H3,(H,25,26,27)/t17-/m0/s1. The molecule has 0 radical (unpaired) electrons. The largest absolute Gasteiger partial charge is 0.490 e. The monoisotopic (exact) mass is 406 g/mol. The number of alkyl halides is 3. The lowest BCUT2D eigenvalue weighted by Gasteiger charge is -2.14. The second kappa shape index (κ2) is 8.52. The highest BCUT2D eigenvalue weighted by molar-refractivity contribution is 5.56. The van der Waals surface area contributed by atoms with Gasteiger partial charge in [-0.25, -0.2) is 4.98 Å². The predicted octanol–water partition coefficient (Wildman–Crippen LogP) is 4.34. The first kappa shape index (κ1) is 20.7. The van der Waals surface area contributed by atoms with Crippen molar-refractivity contribution in [3.8, 4) is 22.9 Å². The average Bonchev–Trinajstić information content (AvgIpc) is 3.19. The molecule has 1 atom stereocenters. The van der Waals surface area contributed by atoms with E-state index in [1.165, 1.54) is 12.1 Å². The van der Waals surface area contributed by atoms with E-state index >= 15 is 0 Å². The van der Waals surface area contributed by atoms with Crippen molar-refractivity contribution in [1.29, 1.82) is 0 Å². The minimum Gasteiger partial charge on any atom is -0.490 e. The van der Waals surface area contributed by atoms with Crippen LogP contribution in [0.1, 0.15) is 36.8 Å². The molecule has 0 aliphatic carbocycles. The van der Waals surface area contributed by atoms with Gasteiger partial charge in [0.15, 0.2) is 17.3 Å². The van der Waals surface area contributed by atoms with Crippen molar-refractivity contribution in [2.45, 2.75) is 26.1 Å². The molecule has 9 heteroatoms. The summed E-state index contributed by atoms with van der Waals surface area (Å²) in [6.45, 7) is 4.69. The number of halogens is 3. The van der Waals surface area contributed by atoms with E-state index in [4.69, 9.17) is 15.2 Å². The highest BCUT2D eigenvalue weighted by Crippen LogP contribution is 2.33. The van der Waals surface area contributed by atoms with Crippen molar-refractivity contribution < 1.29 is 22.6 Å². The number of benzene rings is 2. The molecule has 154 valence electrons. The molecule has 3 aromatic rings. The Kier molecular flexibility index (Phi) is 6.07. The summed E-state index contributed by atoms with van der Waals surface area (Å²) in [5.41, 5.74) is 6.46. The summed E-state index contributed by atoms with van der Waals surface area (Å²) in [6.07, 6.45) is -4.44. The van der Waals surface area contributed by atoms with E-state index < -0.39 is 17.8 Å². The fourth-order valence-electron chi connectivity index (χ4n) is 2.80. The maximum Gasteiger partial charge on any atom is 0.416 e. The predicted molar refractivity (Wildman–Crippen MR) is 102 cm³/mol. The van der Waals surface area contributed by atoms with Crippen molar-refractivity contribution in [2.24, 2.45) is 5.73 Å². The summed E-state index contributed by atoms with van der Waals surface area (Å²) < 4.78 is 49.9. The molecule has 0 unspecified atom stereocenters. The Morgan fingerprint density at radius 3 is 2.45 bits per heavy atom. The molecule has 0 fully saturated rings. The number of rotatable bonds is 7. The van der Waals surface area contributed by atoms with Gasteiger partial charge in [0.05, 0.1) is 24.8 Å². The summed E-state index contributed by atoms with van der Waals surface area (Å²) in [7, 11) is 0. The molecule has 0 bridgehead atoms. The van der Waals surface area contributed by atoms with Gasteiger partial charge >= 0.3 is 6.18 Å². The van der Waals surface area contributed by atoms with Crippen LogP contribution >= 0.6 is 0 Å². The highest BCUT2D eigenvalue weighted by atomic mass is 19.4. The van der Waals surface area contributed by atoms with Gasteiger partial charge in [-0.2, -0.15) is 18.3 Å². The fourth-order valence-corrected chi connectivity index (χ4v) is 2.80. The Labute approximate surface area is 165 Å². The van der Waals surface area contributed by atoms with Crippen LogP contribution in [0.25, 0.3) is 11.4 Å². The molecule has 0 amide bonds. The lowest BCUT2D eigenvalue weighted by Crippen LogP contribution is -2.14. The topological polar surface area (TPSA) is 86.0 Å². The van der Waals surface area contributed by atoms with E-state index in [-0.39, 0.29) is 11.4 Å². The van der Waals surface area contributed by atoms with Crippen molar-refractivity contribution >= 4 is 0 Å². The lowest BCUT2D eigenvalue weighted by atomic mass is 10.1. The van der Waals surface area contributed by atoms with Crippen LogP contribution in [0.3, 0.4) is 0 Å². The first-order valence-electron chi connectivity index (χ1n) is 9.08. The third-order valence-electron chi connectivity index (χ3n) is 4.17. The summed E-state index contributed by atoms with van der Waals surface area (Å²) in [6, 6.07) is 9.45. The second-order valence-electron chi connectivity index (χ2n) is 6.17. The molecule has 6 nitrogen and oxygen atoms in total. The van der Waals surface area contributed by atoms with Gasteiger partial charge in [-0.1, -0.05) is 18.2 Å². The minimum absolute atomic E-state index is 0.137. The molecule has 3 rings (SSSR count). The van der Waals surface area contributed by atoms with Crippen molar-refractivity contribution in [1.82, 2.24) is 15.2 Å². The first-order valence-corrected chi connectivity index (χ1v) is 9.08. The summed E-state index contributed by atoms with van der Waals surface area (Å²) in [5.74, 6) is 1.62. The Morgan fingerprint density at radius 2 is 1.76 bits per heavy atom. The Bertz CT molecular complexity index is 972. The number of hydrogen-bond acceptors (Lipinski definition) is 5. The number of aromatic amines is 1. The van der Waals surface area contributed by atoms with Gasteiger partial charge in [0.25, 0.3) is 0 Å². The smallest absolute Gasteiger partial charge is 0.416 e. The summed E-state index contributed by atoms with van der Waals surface area (Å²) in [5, 5.41) is 6.74. The maximum atomic E-state index is 12.9. The molecule has 3 N–H and O–H groups in total. The number of ether oxygens (including phenoxy) is 2. The lowest BCUT2D eigenvalue weighted by molar-refractivity contribution is -0.137. The molecule has 0 spiro atoms. The van der Waals surface area contributed by atoms with Crippen LogP contribution in [-0.2, 0) is 6.18 Å². The number of nitrogens with zero attached hydrogens (tertiary/aromatic N) is 2. The van der Waals surface area contributed by atoms with Crippen LogP contribution in [0, 0.1) is 0 Å². The zero-order chi connectivity index (χ0) is 21.0. The minimum atomic E-state index is -4.44. The molecule has 1 aromatic heterocycles. The quantitative estimate of drug-likeness (QED) is 0.610. The summed E-state index contributed by atoms with van der Waals surface area (Å²) >= 11 is 0. The molecule has 0 saturated carbocycles. The molecule has 0 saturated heterocycles. The van der Waals surface area contributed by atoms with Crippen LogP contribution in [0.5, 0.6) is 11.5 Å². The third-order valence-corrected chi connectivity index (χ3v) is 4.17. The molecule has 0 aliphatic rings. The van der Waals surface area contributed by atoms with Gasteiger partial charge in [-0.15, -0.1) is 0 Å². The molecular weight excluding hydrogens is 385 g/mol. The van der Waals surface area contributed by atoms with Gasteiger partial charge in [0.2, 0.25) is 0 Å². The molecule has 29 heavy (non-hydrogen) atoms. The van der Waals surface area contributed by atoms with E-state index in [0.717, 1.165) is 12.1 Å². The van der Waals surface area contributed by atoms with E-state index in [0.29, 0.717) is 36.1 Å². The fraction of sp³-hybridized carbons (Fsp3) is 0.300. The number of nitrogens with two attached hydrogens (primary N) is 1. The molecule has 2 aromatic carbocycles. The van der Waals surface area contributed by atoms with E-state index in [1.807, 2.05) is 13.8 Å². The van der Waals surface area contributed by atoms with E-state index in [2.05, 4.69) is 15.2 Å². The van der Waals surface area contributed by atoms with Crippen LogP contribution in [0.2, 0.25) is 0 Å². The van der Waals surface area contributed by atoms with Crippen molar-refractivity contribution in [3.05, 3.63) is 59.4 Å². The number of nitrogens with one attached hydrogen (secondary N) is 1. The highest BCUT2D eigenvalue weighted by Gasteiger charge is 2.30. The van der Waals surface area contributed by atoms with E-state index in [1.54, 1.807) is 18.2 Å². The maximum absolute atomic E-state index is 12.9. The van der Waals surface area contributed by atoms with Gasteiger partial charge in [0.1, 0.15) is 5.82 Å². The van der Waals surface area contributed by atoms with Crippen LogP contribution in [0.15, 0.2) is 42.5 Å². The SMILES string of the molecule is CCOc1ccc([C@H](N)c2nc(-c3cccc(C(F)(F)F)c3)n[nH]2)cc1OCC. The Hall–Kier alpha value is -3.07. The Morgan fingerprint density at radius 1 is 1.03 bits per heavy atom. The third kappa shape index (κ3) is 4.68.